The molecule has 0 radical (unpaired) electrons. The van der Waals surface area contributed by atoms with E-state index in [4.69, 9.17) is 4.74 Å². The van der Waals surface area contributed by atoms with Crippen molar-refractivity contribution < 1.29 is 4.74 Å². The monoisotopic (exact) mass is 248 g/mol. The Labute approximate surface area is 110 Å². The van der Waals surface area contributed by atoms with Gasteiger partial charge in [-0.15, -0.1) is 0 Å². The number of methoxy groups -OCH3 is 1. The summed E-state index contributed by atoms with van der Waals surface area (Å²) in [6.45, 7) is 5.14. The lowest BCUT2D eigenvalue weighted by atomic mass is 9.98. The molecular weight excluding hydrogens is 224 g/mol. The Morgan fingerprint density at radius 1 is 1.28 bits per heavy atom. The van der Waals surface area contributed by atoms with Gasteiger partial charge in [0.15, 0.2) is 0 Å². The van der Waals surface area contributed by atoms with Crippen molar-refractivity contribution in [2.45, 2.75) is 26.0 Å². The van der Waals surface area contributed by atoms with Crippen LogP contribution in [0.4, 0.5) is 0 Å². The number of hydrogen-bond donors (Lipinski definition) is 2. The van der Waals surface area contributed by atoms with Gasteiger partial charge in [-0.3, -0.25) is 0 Å². The van der Waals surface area contributed by atoms with Gasteiger partial charge in [0.25, 0.3) is 0 Å². The van der Waals surface area contributed by atoms with Crippen LogP contribution in [0.3, 0.4) is 0 Å². The van der Waals surface area contributed by atoms with E-state index in [2.05, 4.69) is 34.9 Å². The van der Waals surface area contributed by atoms with Gasteiger partial charge < -0.3 is 15.4 Å². The first-order chi connectivity index (χ1) is 8.88. The van der Waals surface area contributed by atoms with Crippen LogP contribution < -0.4 is 10.6 Å². The van der Waals surface area contributed by atoms with Gasteiger partial charge in [-0.2, -0.15) is 0 Å². The van der Waals surface area contributed by atoms with Crippen LogP contribution in [-0.2, 0) is 17.9 Å². The molecule has 0 unspecified atom stereocenters. The molecule has 0 aromatic heterocycles. The molecule has 0 aliphatic carbocycles. The Hall–Kier alpha value is -0.900. The van der Waals surface area contributed by atoms with E-state index in [1.165, 1.54) is 37.1 Å². The normalized spacial score (nSPS) is 16.9. The Kier molecular flexibility index (Phi) is 5.65. The quantitative estimate of drug-likeness (QED) is 0.807. The topological polar surface area (TPSA) is 33.3 Å². The fraction of sp³-hybridized carbons (Fsp3) is 0.600. The van der Waals surface area contributed by atoms with Crippen LogP contribution in [0.15, 0.2) is 24.3 Å². The minimum atomic E-state index is 0.697. The highest BCUT2D eigenvalue weighted by atomic mass is 16.5. The second kappa shape index (κ2) is 7.52. The Morgan fingerprint density at radius 2 is 2.06 bits per heavy atom. The molecule has 3 nitrogen and oxygen atoms in total. The summed E-state index contributed by atoms with van der Waals surface area (Å²) in [5, 5.41) is 6.97. The van der Waals surface area contributed by atoms with E-state index in [-0.39, 0.29) is 0 Å². The molecule has 18 heavy (non-hydrogen) atoms. The van der Waals surface area contributed by atoms with Crippen LogP contribution in [0.5, 0.6) is 0 Å². The Morgan fingerprint density at radius 3 is 2.83 bits per heavy atom. The van der Waals surface area contributed by atoms with Crippen LogP contribution in [-0.4, -0.2) is 26.7 Å². The lowest BCUT2D eigenvalue weighted by Gasteiger charge is -2.22. The maximum Gasteiger partial charge on any atom is 0.0713 e. The predicted molar refractivity (Wildman–Crippen MR) is 74.5 cm³/mol. The SMILES string of the molecule is COCc1cccc(CNCC2CCNCC2)c1. The molecule has 3 heteroatoms. The van der Waals surface area contributed by atoms with Gasteiger partial charge in [0, 0.05) is 13.7 Å². The maximum absolute atomic E-state index is 5.16. The third kappa shape index (κ3) is 4.41. The second-order valence-electron chi connectivity index (χ2n) is 5.08. The first-order valence-corrected chi connectivity index (χ1v) is 6.86. The molecule has 1 saturated heterocycles. The van der Waals surface area contributed by atoms with Crippen LogP contribution in [0.2, 0.25) is 0 Å². The van der Waals surface area contributed by atoms with Gasteiger partial charge >= 0.3 is 0 Å². The van der Waals surface area contributed by atoms with Gasteiger partial charge in [-0.05, 0) is 49.5 Å². The summed E-state index contributed by atoms with van der Waals surface area (Å²) in [7, 11) is 1.74. The van der Waals surface area contributed by atoms with Crippen molar-refractivity contribution in [3.63, 3.8) is 0 Å². The molecule has 0 saturated carbocycles. The van der Waals surface area contributed by atoms with E-state index in [9.17, 15) is 0 Å². The first kappa shape index (κ1) is 13.5. The number of nitrogens with one attached hydrogen (secondary N) is 2. The number of hydrogen-bond acceptors (Lipinski definition) is 3. The van der Waals surface area contributed by atoms with Crippen molar-refractivity contribution in [3.8, 4) is 0 Å². The van der Waals surface area contributed by atoms with Gasteiger partial charge in [-0.1, -0.05) is 24.3 Å². The third-order valence-corrected chi connectivity index (χ3v) is 3.52. The second-order valence-corrected chi connectivity index (χ2v) is 5.08. The zero-order valence-electron chi connectivity index (χ0n) is 11.2. The smallest absolute Gasteiger partial charge is 0.0713 e. The number of rotatable bonds is 6. The molecule has 100 valence electrons. The van der Waals surface area contributed by atoms with Crippen molar-refractivity contribution >= 4 is 0 Å². The van der Waals surface area contributed by atoms with E-state index < -0.39 is 0 Å². The molecule has 1 heterocycles. The molecule has 2 rings (SSSR count). The van der Waals surface area contributed by atoms with E-state index in [0.717, 1.165) is 19.0 Å². The fourth-order valence-corrected chi connectivity index (χ4v) is 2.50. The molecule has 0 spiro atoms. The van der Waals surface area contributed by atoms with Crippen LogP contribution in [0.25, 0.3) is 0 Å². The summed E-state index contributed by atoms with van der Waals surface area (Å²) < 4.78 is 5.16. The van der Waals surface area contributed by atoms with Crippen molar-refractivity contribution in [2.75, 3.05) is 26.7 Å². The van der Waals surface area contributed by atoms with Crippen molar-refractivity contribution in [1.29, 1.82) is 0 Å². The van der Waals surface area contributed by atoms with Crippen molar-refractivity contribution in [3.05, 3.63) is 35.4 Å². The van der Waals surface area contributed by atoms with Crippen LogP contribution in [0.1, 0.15) is 24.0 Å². The number of ether oxygens (including phenoxy) is 1. The zero-order valence-corrected chi connectivity index (χ0v) is 11.2. The van der Waals surface area contributed by atoms with Crippen LogP contribution >= 0.6 is 0 Å². The van der Waals surface area contributed by atoms with Gasteiger partial charge in [-0.25, -0.2) is 0 Å². The highest BCUT2D eigenvalue weighted by Gasteiger charge is 2.11. The van der Waals surface area contributed by atoms with E-state index in [1.54, 1.807) is 7.11 Å². The van der Waals surface area contributed by atoms with Crippen molar-refractivity contribution in [1.82, 2.24) is 10.6 Å². The molecule has 1 fully saturated rings. The minimum Gasteiger partial charge on any atom is -0.380 e. The third-order valence-electron chi connectivity index (χ3n) is 3.52. The maximum atomic E-state index is 5.16. The summed E-state index contributed by atoms with van der Waals surface area (Å²) in [5.41, 5.74) is 2.59. The molecule has 0 amide bonds. The van der Waals surface area contributed by atoms with Gasteiger partial charge in [0.2, 0.25) is 0 Å². The summed E-state index contributed by atoms with van der Waals surface area (Å²) in [6, 6.07) is 8.61. The first-order valence-electron chi connectivity index (χ1n) is 6.86. The van der Waals surface area contributed by atoms with Gasteiger partial charge in [0.05, 0.1) is 6.61 Å². The lowest BCUT2D eigenvalue weighted by Crippen LogP contribution is -2.33. The van der Waals surface area contributed by atoms with Gasteiger partial charge in [0.1, 0.15) is 0 Å². The molecule has 1 aliphatic rings. The molecule has 1 aliphatic heterocycles. The molecule has 1 aromatic carbocycles. The van der Waals surface area contributed by atoms with E-state index in [1.807, 2.05) is 0 Å². The van der Waals surface area contributed by atoms with E-state index >= 15 is 0 Å². The molecular formula is C15H24N2O. The number of benzene rings is 1. The van der Waals surface area contributed by atoms with Crippen molar-refractivity contribution in [2.24, 2.45) is 5.92 Å². The zero-order chi connectivity index (χ0) is 12.6. The highest BCUT2D eigenvalue weighted by molar-refractivity contribution is 5.22. The Bertz CT molecular complexity index is 348. The summed E-state index contributed by atoms with van der Waals surface area (Å²) in [5.74, 6) is 0.841. The Balaban J connectivity index is 1.73. The number of piperidine rings is 1. The largest absolute Gasteiger partial charge is 0.380 e. The molecule has 2 N–H and O–H groups in total. The lowest BCUT2D eigenvalue weighted by molar-refractivity contribution is 0.185. The molecule has 0 atom stereocenters. The average Bonchev–Trinajstić information content (AvgIpc) is 2.41. The standard InChI is InChI=1S/C15H24N2O/c1-18-12-15-4-2-3-14(9-15)11-17-10-13-5-7-16-8-6-13/h2-4,9,13,16-17H,5-8,10-12H2,1H3. The molecule has 1 aromatic rings. The summed E-state index contributed by atoms with van der Waals surface area (Å²) >= 11 is 0. The van der Waals surface area contributed by atoms with Crippen LogP contribution in [0, 0.1) is 5.92 Å². The van der Waals surface area contributed by atoms with E-state index in [0.29, 0.717) is 6.61 Å². The average molecular weight is 248 g/mol. The molecule has 0 bridgehead atoms. The minimum absolute atomic E-state index is 0.697. The fourth-order valence-electron chi connectivity index (χ4n) is 2.50. The predicted octanol–water partition coefficient (Wildman–Crippen LogP) is 1.92. The summed E-state index contributed by atoms with van der Waals surface area (Å²) in [4.78, 5) is 0. The highest BCUT2D eigenvalue weighted by Crippen LogP contribution is 2.11. The summed E-state index contributed by atoms with van der Waals surface area (Å²) in [6.07, 6.45) is 2.60.